The van der Waals surface area contributed by atoms with Crippen LogP contribution in [0.5, 0.6) is 5.75 Å². The topological polar surface area (TPSA) is 35.2 Å². The Bertz CT molecular complexity index is 1130. The van der Waals surface area contributed by atoms with Crippen molar-refractivity contribution in [3.8, 4) is 5.75 Å². The third kappa shape index (κ3) is 4.35. The van der Waals surface area contributed by atoms with Gasteiger partial charge < -0.3 is 10.5 Å². The van der Waals surface area contributed by atoms with E-state index in [0.717, 1.165) is 18.6 Å². The molecule has 5 rings (SSSR count). The predicted molar refractivity (Wildman–Crippen MR) is 126 cm³/mol. The Morgan fingerprint density at radius 2 is 1.47 bits per heavy atom. The summed E-state index contributed by atoms with van der Waals surface area (Å²) < 4.78 is 5.90. The zero-order chi connectivity index (χ0) is 19.7. The van der Waals surface area contributed by atoms with Crippen molar-refractivity contribution < 1.29 is 4.74 Å². The minimum absolute atomic E-state index is 0. The van der Waals surface area contributed by atoms with E-state index >= 15 is 0 Å². The summed E-state index contributed by atoms with van der Waals surface area (Å²) in [5, 5.41) is 2.56. The van der Waals surface area contributed by atoms with Gasteiger partial charge in [0.1, 0.15) is 12.4 Å². The highest BCUT2D eigenvalue weighted by atomic mass is 35.5. The highest BCUT2D eigenvalue weighted by molar-refractivity contribution is 5.85. The van der Waals surface area contributed by atoms with E-state index in [-0.39, 0.29) is 17.9 Å². The fourth-order valence-corrected chi connectivity index (χ4v) is 4.23. The van der Waals surface area contributed by atoms with Gasteiger partial charge in [-0.3, -0.25) is 0 Å². The van der Waals surface area contributed by atoms with Crippen LogP contribution in [-0.4, -0.2) is 5.54 Å². The normalized spacial score (nSPS) is 19.8. The van der Waals surface area contributed by atoms with Crippen LogP contribution in [0.1, 0.15) is 29.0 Å². The molecule has 0 aliphatic heterocycles. The molecule has 1 fully saturated rings. The highest BCUT2D eigenvalue weighted by Gasteiger charge is 2.51. The lowest BCUT2D eigenvalue weighted by molar-refractivity contribution is 0.306. The molecule has 30 heavy (non-hydrogen) atoms. The Morgan fingerprint density at radius 3 is 2.23 bits per heavy atom. The molecule has 4 aromatic rings. The standard InChI is InChI=1S/C27H25NO.ClH/c28-27(17-21-10-11-22-8-4-5-9-24(22)16-21)18-26(27)23-12-14-25(15-13-23)29-19-20-6-2-1-3-7-20;/h1-16,26H,17-19,28H2;1H. The van der Waals surface area contributed by atoms with Gasteiger partial charge in [0.25, 0.3) is 0 Å². The predicted octanol–water partition coefficient (Wildman–Crippen LogP) is 6.27. The van der Waals surface area contributed by atoms with Crippen molar-refractivity contribution in [1.29, 1.82) is 0 Å². The zero-order valence-corrected chi connectivity index (χ0v) is 17.6. The molecule has 0 saturated heterocycles. The van der Waals surface area contributed by atoms with E-state index in [2.05, 4.69) is 78.9 Å². The number of nitrogens with two attached hydrogens (primary N) is 1. The molecule has 0 aromatic heterocycles. The average Bonchev–Trinajstić information content (AvgIpc) is 3.44. The number of hydrogen-bond acceptors (Lipinski definition) is 2. The Balaban J connectivity index is 0.00000218. The van der Waals surface area contributed by atoms with Crippen molar-refractivity contribution in [3.05, 3.63) is 114 Å². The molecule has 2 unspecified atom stereocenters. The maximum absolute atomic E-state index is 6.74. The number of ether oxygens (including phenoxy) is 1. The quantitative estimate of drug-likeness (QED) is 0.403. The number of hydrogen-bond donors (Lipinski definition) is 1. The van der Waals surface area contributed by atoms with Crippen molar-refractivity contribution in [3.63, 3.8) is 0 Å². The first kappa shape index (κ1) is 20.5. The van der Waals surface area contributed by atoms with Gasteiger partial charge in [-0.25, -0.2) is 0 Å². The Kier molecular flexibility index (Phi) is 5.80. The van der Waals surface area contributed by atoms with E-state index in [1.807, 2.05) is 18.2 Å². The first-order chi connectivity index (χ1) is 14.2. The zero-order valence-electron chi connectivity index (χ0n) is 16.8. The van der Waals surface area contributed by atoms with Gasteiger partial charge in [0.15, 0.2) is 0 Å². The van der Waals surface area contributed by atoms with Crippen LogP contribution in [0.3, 0.4) is 0 Å². The van der Waals surface area contributed by atoms with Crippen LogP contribution in [-0.2, 0) is 13.0 Å². The summed E-state index contributed by atoms with van der Waals surface area (Å²) in [6.07, 6.45) is 1.94. The highest BCUT2D eigenvalue weighted by Crippen LogP contribution is 2.51. The monoisotopic (exact) mass is 415 g/mol. The van der Waals surface area contributed by atoms with Gasteiger partial charge in [0.05, 0.1) is 0 Å². The summed E-state index contributed by atoms with van der Waals surface area (Å²) >= 11 is 0. The van der Waals surface area contributed by atoms with E-state index in [1.165, 1.54) is 27.5 Å². The molecular weight excluding hydrogens is 390 g/mol. The summed E-state index contributed by atoms with van der Waals surface area (Å²) in [6, 6.07) is 33.9. The van der Waals surface area contributed by atoms with E-state index in [1.54, 1.807) is 0 Å². The molecule has 2 atom stereocenters. The molecule has 2 N–H and O–H groups in total. The molecule has 4 aromatic carbocycles. The third-order valence-corrected chi connectivity index (χ3v) is 6.00. The minimum Gasteiger partial charge on any atom is -0.489 e. The van der Waals surface area contributed by atoms with Gasteiger partial charge in [-0.05, 0) is 52.4 Å². The second kappa shape index (κ2) is 8.51. The first-order valence-electron chi connectivity index (χ1n) is 10.2. The molecule has 0 amide bonds. The average molecular weight is 416 g/mol. The summed E-state index contributed by atoms with van der Waals surface area (Å²) in [5.41, 5.74) is 10.4. The molecule has 0 bridgehead atoms. The number of benzene rings is 4. The van der Waals surface area contributed by atoms with Crippen LogP contribution in [0.25, 0.3) is 10.8 Å². The van der Waals surface area contributed by atoms with E-state index in [4.69, 9.17) is 10.5 Å². The molecule has 2 nitrogen and oxygen atoms in total. The van der Waals surface area contributed by atoms with Crippen molar-refractivity contribution in [1.82, 2.24) is 0 Å². The van der Waals surface area contributed by atoms with Gasteiger partial charge in [0.2, 0.25) is 0 Å². The summed E-state index contributed by atoms with van der Waals surface area (Å²) in [7, 11) is 0. The lowest BCUT2D eigenvalue weighted by atomic mass is 9.97. The molecule has 1 aliphatic carbocycles. The SMILES string of the molecule is Cl.NC1(Cc2ccc3ccccc3c2)CC1c1ccc(OCc2ccccc2)cc1. The molecular formula is C27H26ClNO. The van der Waals surface area contributed by atoms with Gasteiger partial charge in [-0.15, -0.1) is 12.4 Å². The van der Waals surface area contributed by atoms with Crippen molar-refractivity contribution in [2.45, 2.75) is 30.9 Å². The van der Waals surface area contributed by atoms with Crippen LogP contribution in [0.2, 0.25) is 0 Å². The third-order valence-electron chi connectivity index (χ3n) is 6.00. The number of rotatable bonds is 6. The van der Waals surface area contributed by atoms with Gasteiger partial charge in [-0.1, -0.05) is 84.9 Å². The maximum atomic E-state index is 6.74. The smallest absolute Gasteiger partial charge is 0.119 e. The van der Waals surface area contributed by atoms with Crippen molar-refractivity contribution >= 4 is 23.2 Å². The van der Waals surface area contributed by atoms with Gasteiger partial charge in [-0.2, -0.15) is 0 Å². The largest absolute Gasteiger partial charge is 0.489 e. The number of fused-ring (bicyclic) bond motifs is 1. The van der Waals surface area contributed by atoms with Gasteiger partial charge in [0, 0.05) is 11.5 Å². The van der Waals surface area contributed by atoms with Crippen molar-refractivity contribution in [2.24, 2.45) is 5.73 Å². The summed E-state index contributed by atoms with van der Waals surface area (Å²) in [4.78, 5) is 0. The van der Waals surface area contributed by atoms with E-state index in [0.29, 0.717) is 12.5 Å². The van der Waals surface area contributed by atoms with Gasteiger partial charge >= 0.3 is 0 Å². The fourth-order valence-electron chi connectivity index (χ4n) is 4.23. The molecule has 3 heteroatoms. The minimum atomic E-state index is -0.144. The van der Waals surface area contributed by atoms with Crippen molar-refractivity contribution in [2.75, 3.05) is 0 Å². The lowest BCUT2D eigenvalue weighted by Crippen LogP contribution is -2.27. The maximum Gasteiger partial charge on any atom is 0.119 e. The summed E-state index contributed by atoms with van der Waals surface area (Å²) in [5.74, 6) is 1.31. The Morgan fingerprint density at radius 1 is 0.767 bits per heavy atom. The Labute approximate surface area is 184 Å². The summed E-state index contributed by atoms with van der Waals surface area (Å²) in [6.45, 7) is 0.590. The lowest BCUT2D eigenvalue weighted by Gasteiger charge is -2.13. The van der Waals surface area contributed by atoms with Crippen LogP contribution in [0, 0.1) is 0 Å². The molecule has 0 heterocycles. The van der Waals surface area contributed by atoms with Crippen LogP contribution in [0.4, 0.5) is 0 Å². The van der Waals surface area contributed by atoms with Crippen LogP contribution >= 0.6 is 12.4 Å². The number of halogens is 1. The van der Waals surface area contributed by atoms with E-state index in [9.17, 15) is 0 Å². The molecule has 0 radical (unpaired) electrons. The second-order valence-corrected chi connectivity index (χ2v) is 8.19. The fraction of sp³-hybridized carbons (Fsp3) is 0.185. The van der Waals surface area contributed by atoms with Crippen LogP contribution in [0.15, 0.2) is 97.1 Å². The first-order valence-corrected chi connectivity index (χ1v) is 10.2. The molecule has 1 aliphatic rings. The second-order valence-electron chi connectivity index (χ2n) is 8.19. The Hall–Kier alpha value is -2.81. The van der Waals surface area contributed by atoms with E-state index < -0.39 is 0 Å². The molecule has 152 valence electrons. The molecule has 0 spiro atoms. The molecule has 1 saturated carbocycles. The van der Waals surface area contributed by atoms with Crippen LogP contribution < -0.4 is 10.5 Å².